The van der Waals surface area contributed by atoms with Gasteiger partial charge in [0, 0.05) is 13.6 Å². The van der Waals surface area contributed by atoms with Crippen molar-refractivity contribution in [1.82, 2.24) is 5.06 Å². The third kappa shape index (κ3) is 4.48. The van der Waals surface area contributed by atoms with Gasteiger partial charge in [0.15, 0.2) is 11.5 Å². The van der Waals surface area contributed by atoms with E-state index in [9.17, 15) is 0 Å². The highest BCUT2D eigenvalue weighted by atomic mass is 16.7. The predicted molar refractivity (Wildman–Crippen MR) is 104 cm³/mol. The van der Waals surface area contributed by atoms with Gasteiger partial charge in [0.25, 0.3) is 0 Å². The summed E-state index contributed by atoms with van der Waals surface area (Å²) in [4.78, 5) is 5.63. The summed E-state index contributed by atoms with van der Waals surface area (Å²) in [5.74, 6) is 1.52. The van der Waals surface area contributed by atoms with E-state index in [1.807, 2.05) is 54.6 Å². The molecule has 0 aliphatic carbocycles. The van der Waals surface area contributed by atoms with Gasteiger partial charge in [-0.05, 0) is 34.4 Å². The molecule has 0 spiro atoms. The van der Waals surface area contributed by atoms with Gasteiger partial charge in [-0.3, -0.25) is 4.84 Å². The van der Waals surface area contributed by atoms with Crippen LogP contribution in [0, 0.1) is 0 Å². The standard InChI is InChI=1S/C23H23NO3/c1-24-14-20-12-22(25-15-18-8-4-2-5-9-18)23(13-21(20)17-27-24)26-16-19-10-6-3-7-11-19/h2-13H,14-17H2,1H3. The van der Waals surface area contributed by atoms with E-state index in [1.165, 1.54) is 5.56 Å². The lowest BCUT2D eigenvalue weighted by Gasteiger charge is -2.26. The van der Waals surface area contributed by atoms with E-state index < -0.39 is 0 Å². The molecule has 0 amide bonds. The lowest BCUT2D eigenvalue weighted by atomic mass is 10.1. The van der Waals surface area contributed by atoms with Gasteiger partial charge in [0.05, 0.1) is 6.61 Å². The zero-order valence-corrected chi connectivity index (χ0v) is 15.4. The van der Waals surface area contributed by atoms with Crippen molar-refractivity contribution in [3.63, 3.8) is 0 Å². The minimum Gasteiger partial charge on any atom is -0.485 e. The Bertz CT molecular complexity index is 881. The third-order valence-electron chi connectivity index (χ3n) is 4.57. The van der Waals surface area contributed by atoms with Crippen molar-refractivity contribution in [3.05, 3.63) is 95.1 Å². The second-order valence-corrected chi connectivity index (χ2v) is 6.68. The zero-order chi connectivity index (χ0) is 18.5. The minimum absolute atomic E-state index is 0.502. The van der Waals surface area contributed by atoms with Crippen molar-refractivity contribution in [2.75, 3.05) is 7.05 Å². The summed E-state index contributed by atoms with van der Waals surface area (Å²) in [6.07, 6.45) is 0. The van der Waals surface area contributed by atoms with Gasteiger partial charge in [-0.15, -0.1) is 0 Å². The van der Waals surface area contributed by atoms with Crippen LogP contribution in [0.25, 0.3) is 0 Å². The first kappa shape index (κ1) is 17.6. The maximum atomic E-state index is 6.13. The lowest BCUT2D eigenvalue weighted by Crippen LogP contribution is -2.24. The maximum absolute atomic E-state index is 6.13. The zero-order valence-electron chi connectivity index (χ0n) is 15.4. The van der Waals surface area contributed by atoms with E-state index in [0.717, 1.165) is 34.7 Å². The number of hydrogen-bond donors (Lipinski definition) is 0. The summed E-state index contributed by atoms with van der Waals surface area (Å²) >= 11 is 0. The van der Waals surface area contributed by atoms with Gasteiger partial charge < -0.3 is 9.47 Å². The molecule has 0 bridgehead atoms. The van der Waals surface area contributed by atoms with Crippen LogP contribution in [-0.2, 0) is 31.2 Å². The van der Waals surface area contributed by atoms with Gasteiger partial charge in [-0.1, -0.05) is 60.7 Å². The molecule has 0 fully saturated rings. The summed E-state index contributed by atoms with van der Waals surface area (Å²) in [6, 6.07) is 24.4. The molecule has 1 aliphatic heterocycles. The van der Waals surface area contributed by atoms with Crippen molar-refractivity contribution < 1.29 is 14.3 Å². The molecule has 0 radical (unpaired) electrons. The van der Waals surface area contributed by atoms with Crippen molar-refractivity contribution in [2.24, 2.45) is 0 Å². The Hall–Kier alpha value is -2.82. The van der Waals surface area contributed by atoms with E-state index >= 15 is 0 Å². The number of hydrogen-bond acceptors (Lipinski definition) is 4. The Balaban J connectivity index is 1.56. The molecule has 4 rings (SSSR count). The topological polar surface area (TPSA) is 30.9 Å². The predicted octanol–water partition coefficient (Wildman–Crippen LogP) is 4.72. The molecule has 27 heavy (non-hydrogen) atoms. The van der Waals surface area contributed by atoms with Gasteiger partial charge in [-0.2, -0.15) is 5.06 Å². The molecule has 0 aromatic heterocycles. The average Bonchev–Trinajstić information content (AvgIpc) is 2.72. The Morgan fingerprint density at radius 3 is 1.85 bits per heavy atom. The van der Waals surface area contributed by atoms with Crippen molar-refractivity contribution in [3.8, 4) is 11.5 Å². The number of rotatable bonds is 6. The van der Waals surface area contributed by atoms with Crippen LogP contribution in [0.3, 0.4) is 0 Å². The molecular weight excluding hydrogens is 338 g/mol. The Labute approximate surface area is 159 Å². The van der Waals surface area contributed by atoms with Crippen molar-refractivity contribution in [2.45, 2.75) is 26.4 Å². The first-order valence-corrected chi connectivity index (χ1v) is 9.11. The second kappa shape index (κ2) is 8.25. The highest BCUT2D eigenvalue weighted by molar-refractivity contribution is 5.48. The summed E-state index contributed by atoms with van der Waals surface area (Å²) in [7, 11) is 1.94. The van der Waals surface area contributed by atoms with Crippen LogP contribution < -0.4 is 9.47 Å². The summed E-state index contributed by atoms with van der Waals surface area (Å²) in [5, 5.41) is 1.84. The van der Waals surface area contributed by atoms with Crippen LogP contribution in [0.4, 0.5) is 0 Å². The van der Waals surface area contributed by atoms with Gasteiger partial charge in [0.1, 0.15) is 13.2 Å². The maximum Gasteiger partial charge on any atom is 0.162 e. The summed E-state index contributed by atoms with van der Waals surface area (Å²) < 4.78 is 12.2. The van der Waals surface area contributed by atoms with E-state index in [2.05, 4.69) is 30.3 Å². The fourth-order valence-electron chi connectivity index (χ4n) is 3.09. The minimum atomic E-state index is 0.502. The normalized spacial score (nSPS) is 13.8. The van der Waals surface area contributed by atoms with Gasteiger partial charge in [0.2, 0.25) is 0 Å². The first-order valence-electron chi connectivity index (χ1n) is 9.11. The summed E-state index contributed by atoms with van der Waals surface area (Å²) in [5.41, 5.74) is 4.60. The van der Waals surface area contributed by atoms with Crippen LogP contribution in [0.2, 0.25) is 0 Å². The van der Waals surface area contributed by atoms with Gasteiger partial charge >= 0.3 is 0 Å². The third-order valence-corrected chi connectivity index (χ3v) is 4.57. The molecule has 1 heterocycles. The number of fused-ring (bicyclic) bond motifs is 1. The van der Waals surface area contributed by atoms with Crippen LogP contribution in [0.5, 0.6) is 11.5 Å². The van der Waals surface area contributed by atoms with Crippen LogP contribution in [0.1, 0.15) is 22.3 Å². The van der Waals surface area contributed by atoms with E-state index in [0.29, 0.717) is 19.8 Å². The van der Waals surface area contributed by atoms with Crippen LogP contribution in [0.15, 0.2) is 72.8 Å². The summed E-state index contributed by atoms with van der Waals surface area (Å²) in [6.45, 7) is 2.29. The molecule has 3 aromatic carbocycles. The number of hydroxylamine groups is 2. The largest absolute Gasteiger partial charge is 0.485 e. The van der Waals surface area contributed by atoms with E-state index in [1.54, 1.807) is 0 Å². The molecule has 0 N–H and O–H groups in total. The molecular formula is C23H23NO3. The number of ether oxygens (including phenoxy) is 2. The average molecular weight is 361 g/mol. The molecule has 0 saturated heterocycles. The van der Waals surface area contributed by atoms with Gasteiger partial charge in [-0.25, -0.2) is 0 Å². The highest BCUT2D eigenvalue weighted by Crippen LogP contribution is 2.35. The van der Waals surface area contributed by atoms with Crippen LogP contribution in [-0.4, -0.2) is 12.1 Å². The molecule has 4 heteroatoms. The number of benzene rings is 3. The molecule has 3 aromatic rings. The quantitative estimate of drug-likeness (QED) is 0.636. The lowest BCUT2D eigenvalue weighted by molar-refractivity contribution is -0.168. The fraction of sp³-hybridized carbons (Fsp3) is 0.217. The molecule has 0 atom stereocenters. The SMILES string of the molecule is CN1Cc2cc(OCc3ccccc3)c(OCc3ccccc3)cc2CO1. The van der Waals surface area contributed by atoms with Crippen LogP contribution >= 0.6 is 0 Å². The second-order valence-electron chi connectivity index (χ2n) is 6.68. The number of nitrogens with zero attached hydrogens (tertiary/aromatic N) is 1. The first-order chi connectivity index (χ1) is 13.3. The van der Waals surface area contributed by atoms with E-state index in [-0.39, 0.29) is 0 Å². The monoisotopic (exact) mass is 361 g/mol. The van der Waals surface area contributed by atoms with E-state index in [4.69, 9.17) is 14.3 Å². The Kier molecular flexibility index (Phi) is 5.37. The Morgan fingerprint density at radius 2 is 1.30 bits per heavy atom. The highest BCUT2D eigenvalue weighted by Gasteiger charge is 2.18. The molecule has 0 unspecified atom stereocenters. The van der Waals surface area contributed by atoms with Crippen molar-refractivity contribution in [1.29, 1.82) is 0 Å². The smallest absolute Gasteiger partial charge is 0.162 e. The Morgan fingerprint density at radius 1 is 0.778 bits per heavy atom. The molecule has 1 aliphatic rings. The fourth-order valence-corrected chi connectivity index (χ4v) is 3.09. The van der Waals surface area contributed by atoms with Crippen molar-refractivity contribution >= 4 is 0 Å². The molecule has 138 valence electrons. The molecule has 0 saturated carbocycles. The molecule has 4 nitrogen and oxygen atoms in total.